The van der Waals surface area contributed by atoms with Crippen molar-refractivity contribution in [2.45, 2.75) is 19.9 Å². The zero-order valence-corrected chi connectivity index (χ0v) is 15.6. The molecule has 1 atom stereocenters. The highest BCUT2D eigenvalue weighted by Gasteiger charge is 2.25. The molecule has 3 N–H and O–H groups in total. The van der Waals surface area contributed by atoms with E-state index >= 15 is 0 Å². The highest BCUT2D eigenvalue weighted by atomic mass is 35.5. The highest BCUT2D eigenvalue weighted by molar-refractivity contribution is 6.31. The summed E-state index contributed by atoms with van der Waals surface area (Å²) in [6.07, 6.45) is 0. The number of rotatable bonds is 6. The molecule has 26 heavy (non-hydrogen) atoms. The smallest absolute Gasteiger partial charge is 0.319 e. The second kappa shape index (κ2) is 9.10. The van der Waals surface area contributed by atoms with Crippen molar-refractivity contribution in [3.63, 3.8) is 0 Å². The normalized spacial score (nSPS) is 11.6. The molecule has 2 rings (SSSR count). The van der Waals surface area contributed by atoms with Crippen LogP contribution in [0, 0.1) is 5.92 Å². The topological polar surface area (TPSA) is 79.5 Å². The van der Waals surface area contributed by atoms with Crippen molar-refractivity contribution in [3.8, 4) is 5.75 Å². The largest absolute Gasteiger partial charge is 0.495 e. The Morgan fingerprint density at radius 1 is 1.04 bits per heavy atom. The molecule has 7 heteroatoms. The lowest BCUT2D eigenvalue weighted by Crippen LogP contribution is -2.48. The van der Waals surface area contributed by atoms with Gasteiger partial charge in [-0.3, -0.25) is 4.79 Å². The third-order valence-corrected chi connectivity index (χ3v) is 3.92. The minimum absolute atomic E-state index is 0.123. The van der Waals surface area contributed by atoms with E-state index in [1.807, 2.05) is 32.0 Å². The van der Waals surface area contributed by atoms with E-state index in [2.05, 4.69) is 16.0 Å². The highest BCUT2D eigenvalue weighted by Crippen LogP contribution is 2.28. The molecular formula is C19H22ClN3O3. The van der Waals surface area contributed by atoms with Crippen LogP contribution < -0.4 is 20.7 Å². The molecule has 0 bridgehead atoms. The lowest BCUT2D eigenvalue weighted by molar-refractivity contribution is -0.118. The fourth-order valence-electron chi connectivity index (χ4n) is 2.35. The molecular weight excluding hydrogens is 354 g/mol. The minimum Gasteiger partial charge on any atom is -0.495 e. The van der Waals surface area contributed by atoms with Crippen LogP contribution in [-0.2, 0) is 4.79 Å². The zero-order valence-electron chi connectivity index (χ0n) is 14.9. The molecule has 0 saturated heterocycles. The molecule has 1 unspecified atom stereocenters. The van der Waals surface area contributed by atoms with Crippen LogP contribution in [0.15, 0.2) is 48.5 Å². The number of carbonyl (C=O) groups excluding carboxylic acids is 2. The van der Waals surface area contributed by atoms with E-state index in [1.54, 1.807) is 30.3 Å². The van der Waals surface area contributed by atoms with E-state index in [9.17, 15) is 9.59 Å². The maximum absolute atomic E-state index is 12.7. The first-order valence-electron chi connectivity index (χ1n) is 8.17. The van der Waals surface area contributed by atoms with Crippen LogP contribution in [0.2, 0.25) is 5.02 Å². The summed E-state index contributed by atoms with van der Waals surface area (Å²) in [7, 11) is 1.50. The molecule has 2 aromatic carbocycles. The number of benzene rings is 2. The van der Waals surface area contributed by atoms with Crippen LogP contribution in [0.5, 0.6) is 5.75 Å². The van der Waals surface area contributed by atoms with Crippen LogP contribution in [-0.4, -0.2) is 25.1 Å². The first kappa shape index (κ1) is 19.6. The van der Waals surface area contributed by atoms with Gasteiger partial charge in [-0.1, -0.05) is 43.6 Å². The summed E-state index contributed by atoms with van der Waals surface area (Å²) in [4.78, 5) is 24.9. The Balaban J connectivity index is 2.08. The first-order valence-corrected chi connectivity index (χ1v) is 8.55. The molecule has 0 spiro atoms. The van der Waals surface area contributed by atoms with Crippen molar-refractivity contribution in [1.29, 1.82) is 0 Å². The number of hydrogen-bond donors (Lipinski definition) is 3. The molecule has 6 nitrogen and oxygen atoms in total. The van der Waals surface area contributed by atoms with Crippen LogP contribution in [0.3, 0.4) is 0 Å². The van der Waals surface area contributed by atoms with Gasteiger partial charge in [-0.25, -0.2) is 4.79 Å². The van der Waals surface area contributed by atoms with Crippen LogP contribution in [0.1, 0.15) is 13.8 Å². The number of halogens is 1. The number of carbonyl (C=O) groups is 2. The molecule has 138 valence electrons. The Labute approximate surface area is 157 Å². The van der Waals surface area contributed by atoms with Gasteiger partial charge in [-0.05, 0) is 36.2 Å². The molecule has 0 aliphatic carbocycles. The molecule has 0 aromatic heterocycles. The van der Waals surface area contributed by atoms with E-state index in [0.717, 1.165) is 0 Å². The number of para-hydroxylation sites is 1. The third-order valence-electron chi connectivity index (χ3n) is 3.69. The Kier molecular flexibility index (Phi) is 6.86. The maximum atomic E-state index is 12.7. The van der Waals surface area contributed by atoms with Gasteiger partial charge in [0, 0.05) is 10.7 Å². The summed E-state index contributed by atoms with van der Waals surface area (Å²) in [6, 6.07) is 12.7. The van der Waals surface area contributed by atoms with Gasteiger partial charge < -0.3 is 20.7 Å². The van der Waals surface area contributed by atoms with Gasteiger partial charge >= 0.3 is 6.03 Å². The van der Waals surface area contributed by atoms with Gasteiger partial charge in [0.2, 0.25) is 5.91 Å². The number of ether oxygens (including phenoxy) is 1. The lowest BCUT2D eigenvalue weighted by Gasteiger charge is -2.22. The van der Waals surface area contributed by atoms with E-state index < -0.39 is 12.1 Å². The van der Waals surface area contributed by atoms with Crippen molar-refractivity contribution >= 4 is 34.9 Å². The summed E-state index contributed by atoms with van der Waals surface area (Å²) in [5, 5.41) is 8.63. The molecule has 0 saturated carbocycles. The molecule has 0 radical (unpaired) electrons. The third kappa shape index (κ3) is 5.39. The monoisotopic (exact) mass is 375 g/mol. The molecule has 0 fully saturated rings. The Morgan fingerprint density at radius 2 is 1.73 bits per heavy atom. The van der Waals surface area contributed by atoms with E-state index in [-0.39, 0.29) is 11.8 Å². The summed E-state index contributed by atoms with van der Waals surface area (Å²) in [5.74, 6) is 0.00414. The predicted molar refractivity (Wildman–Crippen MR) is 104 cm³/mol. The molecule has 0 heterocycles. The average molecular weight is 376 g/mol. The van der Waals surface area contributed by atoms with Crippen molar-refractivity contribution in [3.05, 3.63) is 53.6 Å². The van der Waals surface area contributed by atoms with Crippen LogP contribution in [0.4, 0.5) is 16.2 Å². The quantitative estimate of drug-likeness (QED) is 0.710. The van der Waals surface area contributed by atoms with Gasteiger partial charge in [-0.15, -0.1) is 0 Å². The summed E-state index contributed by atoms with van der Waals surface area (Å²) < 4.78 is 5.23. The Morgan fingerprint density at radius 3 is 2.35 bits per heavy atom. The molecule has 0 aliphatic heterocycles. The van der Waals surface area contributed by atoms with Crippen LogP contribution >= 0.6 is 11.6 Å². The van der Waals surface area contributed by atoms with Crippen LogP contribution in [0.25, 0.3) is 0 Å². The van der Waals surface area contributed by atoms with E-state index in [0.29, 0.717) is 22.1 Å². The van der Waals surface area contributed by atoms with Crippen molar-refractivity contribution < 1.29 is 14.3 Å². The first-order chi connectivity index (χ1) is 12.4. The summed E-state index contributed by atoms with van der Waals surface area (Å²) in [6.45, 7) is 3.70. The average Bonchev–Trinajstić information content (AvgIpc) is 2.60. The van der Waals surface area contributed by atoms with Crippen molar-refractivity contribution in [2.24, 2.45) is 5.92 Å². The molecule has 2 aromatic rings. The zero-order chi connectivity index (χ0) is 19.1. The molecule has 3 amide bonds. The number of anilines is 2. The maximum Gasteiger partial charge on any atom is 0.319 e. The second-order valence-corrected chi connectivity index (χ2v) is 6.46. The predicted octanol–water partition coefficient (Wildman–Crippen LogP) is 4.13. The number of urea groups is 1. The summed E-state index contributed by atoms with van der Waals surface area (Å²) >= 11 is 5.99. The van der Waals surface area contributed by atoms with Gasteiger partial charge in [0.05, 0.1) is 12.8 Å². The van der Waals surface area contributed by atoms with E-state index in [1.165, 1.54) is 7.11 Å². The summed E-state index contributed by atoms with van der Waals surface area (Å²) in [5.41, 5.74) is 1.09. The molecule has 0 aliphatic rings. The standard InChI is InChI=1S/C19H22ClN3O3/c1-12(2)17(23-19(25)21-14-7-5-4-6-8-14)18(24)22-15-11-13(20)9-10-16(15)26-3/h4-12,17H,1-3H3,(H,22,24)(H2,21,23,25). The van der Waals surface area contributed by atoms with Gasteiger partial charge in [0.25, 0.3) is 0 Å². The SMILES string of the molecule is COc1ccc(Cl)cc1NC(=O)C(NC(=O)Nc1ccccc1)C(C)C. The number of amides is 3. The second-order valence-electron chi connectivity index (χ2n) is 6.02. The number of methoxy groups -OCH3 is 1. The lowest BCUT2D eigenvalue weighted by atomic mass is 10.0. The van der Waals surface area contributed by atoms with Gasteiger partial charge in [0.1, 0.15) is 11.8 Å². The fourth-order valence-corrected chi connectivity index (χ4v) is 2.53. The van der Waals surface area contributed by atoms with Crippen molar-refractivity contribution in [1.82, 2.24) is 5.32 Å². The van der Waals surface area contributed by atoms with Gasteiger partial charge in [0.15, 0.2) is 0 Å². The number of nitrogens with one attached hydrogen (secondary N) is 3. The van der Waals surface area contributed by atoms with Gasteiger partial charge in [-0.2, -0.15) is 0 Å². The number of hydrogen-bond acceptors (Lipinski definition) is 3. The Bertz CT molecular complexity index is 766. The Hall–Kier alpha value is -2.73. The van der Waals surface area contributed by atoms with E-state index in [4.69, 9.17) is 16.3 Å². The van der Waals surface area contributed by atoms with Crippen molar-refractivity contribution in [2.75, 3.05) is 17.7 Å². The fraction of sp³-hybridized carbons (Fsp3) is 0.263. The minimum atomic E-state index is -0.734.